The Labute approximate surface area is 184 Å². The smallest absolute Gasteiger partial charge is 0.338 e. The minimum absolute atomic E-state index is 0.105. The molecule has 2 aliphatic heterocycles. The molecule has 0 aromatic heterocycles. The van der Waals surface area contributed by atoms with Crippen molar-refractivity contribution in [3.05, 3.63) is 70.9 Å². The fraction of sp³-hybridized carbons (Fsp3) is 0.217. The van der Waals surface area contributed by atoms with E-state index in [1.165, 1.54) is 11.0 Å². The number of cyclic esters (lactones) is 1. The van der Waals surface area contributed by atoms with E-state index in [9.17, 15) is 14.4 Å². The lowest BCUT2D eigenvalue weighted by Crippen LogP contribution is -2.49. The van der Waals surface area contributed by atoms with Crippen LogP contribution in [0.2, 0.25) is 0 Å². The highest BCUT2D eigenvalue weighted by Crippen LogP contribution is 2.38. The van der Waals surface area contributed by atoms with Crippen molar-refractivity contribution in [1.82, 2.24) is 10.2 Å². The minimum atomic E-state index is -0.748. The number of benzene rings is 2. The summed E-state index contributed by atoms with van der Waals surface area (Å²) in [5.74, 6) is -0.478. The number of carbonyl (C=O) groups is 3. The number of anilines is 1. The number of urea groups is 1. The summed E-state index contributed by atoms with van der Waals surface area (Å²) in [5.41, 5.74) is 2.08. The molecule has 1 unspecified atom stereocenters. The summed E-state index contributed by atoms with van der Waals surface area (Å²) in [7, 11) is 0. The molecule has 9 nitrogen and oxygen atoms in total. The maximum atomic E-state index is 12.9. The molecule has 32 heavy (non-hydrogen) atoms. The highest BCUT2D eigenvalue weighted by atomic mass is 16.5. The van der Waals surface area contributed by atoms with Crippen molar-refractivity contribution in [1.29, 1.82) is 5.26 Å². The fourth-order valence-corrected chi connectivity index (χ4v) is 3.73. The number of carbonyl (C=O) groups excluding carboxylic acids is 3. The third-order valence-electron chi connectivity index (χ3n) is 5.11. The van der Waals surface area contributed by atoms with Gasteiger partial charge in [0, 0.05) is 11.3 Å². The number of nitrogens with zero attached hydrogens (tertiary/aromatic N) is 2. The number of hydrogen-bond acceptors (Lipinski definition) is 6. The van der Waals surface area contributed by atoms with Crippen LogP contribution in [-0.2, 0) is 14.3 Å². The number of ether oxygens (including phenoxy) is 2. The zero-order valence-electron chi connectivity index (χ0n) is 17.3. The first-order valence-corrected chi connectivity index (χ1v) is 10.0. The Kier molecular flexibility index (Phi) is 5.77. The molecule has 2 N–H and O–H groups in total. The van der Waals surface area contributed by atoms with Gasteiger partial charge in [0.25, 0.3) is 0 Å². The van der Waals surface area contributed by atoms with Gasteiger partial charge < -0.3 is 20.1 Å². The Morgan fingerprint density at radius 1 is 1.28 bits per heavy atom. The second-order valence-corrected chi connectivity index (χ2v) is 7.12. The predicted molar refractivity (Wildman–Crippen MR) is 113 cm³/mol. The average molecular weight is 432 g/mol. The standard InChI is InChI=1S/C23H20N4O5/c1-2-31-18-9-4-3-8-16(18)21-20-17(13-32-22(20)29)27(23(30)26-21)12-19(28)25-15-7-5-6-14(10-15)11-24/h3-10,21H,2,12-13H2,1H3,(H,25,28)(H,26,30). The molecule has 2 heterocycles. The Hall–Kier alpha value is -4.32. The first-order valence-electron chi connectivity index (χ1n) is 10.0. The van der Waals surface area contributed by atoms with Gasteiger partial charge in [0.15, 0.2) is 0 Å². The second-order valence-electron chi connectivity index (χ2n) is 7.12. The molecule has 4 rings (SSSR count). The van der Waals surface area contributed by atoms with E-state index in [0.29, 0.717) is 34.9 Å². The molecule has 0 bridgehead atoms. The fourth-order valence-electron chi connectivity index (χ4n) is 3.73. The van der Waals surface area contributed by atoms with E-state index in [2.05, 4.69) is 10.6 Å². The van der Waals surface area contributed by atoms with Crippen LogP contribution in [0.25, 0.3) is 0 Å². The third kappa shape index (κ3) is 3.98. The number of nitriles is 1. The number of nitrogens with one attached hydrogen (secondary N) is 2. The molecule has 0 saturated carbocycles. The van der Waals surface area contributed by atoms with Gasteiger partial charge in [-0.05, 0) is 31.2 Å². The average Bonchev–Trinajstić information content (AvgIpc) is 3.18. The van der Waals surface area contributed by atoms with Gasteiger partial charge in [-0.2, -0.15) is 5.26 Å². The summed E-state index contributed by atoms with van der Waals surface area (Å²) < 4.78 is 10.9. The second kappa shape index (κ2) is 8.81. The first kappa shape index (κ1) is 20.9. The largest absolute Gasteiger partial charge is 0.494 e. The van der Waals surface area contributed by atoms with Crippen LogP contribution in [0.1, 0.15) is 24.1 Å². The molecular formula is C23H20N4O5. The van der Waals surface area contributed by atoms with Crippen LogP contribution >= 0.6 is 0 Å². The van der Waals surface area contributed by atoms with Crippen molar-refractivity contribution in [3.63, 3.8) is 0 Å². The van der Waals surface area contributed by atoms with E-state index in [1.54, 1.807) is 42.5 Å². The SMILES string of the molecule is CCOc1ccccc1C1NC(=O)N(CC(=O)Nc2cccc(C#N)c2)C2=C1C(=O)OC2. The first-order chi connectivity index (χ1) is 15.5. The topological polar surface area (TPSA) is 121 Å². The van der Waals surface area contributed by atoms with E-state index in [4.69, 9.17) is 14.7 Å². The predicted octanol–water partition coefficient (Wildman–Crippen LogP) is 2.47. The van der Waals surface area contributed by atoms with Gasteiger partial charge in [0.1, 0.15) is 18.9 Å². The molecule has 2 aliphatic rings. The Morgan fingerprint density at radius 3 is 2.88 bits per heavy atom. The quantitative estimate of drug-likeness (QED) is 0.677. The summed E-state index contributed by atoms with van der Waals surface area (Å²) in [5, 5.41) is 14.5. The van der Waals surface area contributed by atoms with E-state index in [-0.39, 0.29) is 18.7 Å². The van der Waals surface area contributed by atoms with Crippen LogP contribution in [-0.4, -0.2) is 42.6 Å². The Balaban J connectivity index is 1.61. The number of esters is 1. The molecule has 1 atom stereocenters. The highest BCUT2D eigenvalue weighted by Gasteiger charge is 2.43. The normalized spacial score (nSPS) is 17.2. The third-order valence-corrected chi connectivity index (χ3v) is 5.11. The van der Waals surface area contributed by atoms with Crippen molar-refractivity contribution in [2.45, 2.75) is 13.0 Å². The molecule has 9 heteroatoms. The van der Waals surface area contributed by atoms with Crippen LogP contribution in [0, 0.1) is 11.3 Å². The van der Waals surface area contributed by atoms with Gasteiger partial charge in [-0.3, -0.25) is 9.69 Å². The summed E-state index contributed by atoms with van der Waals surface area (Å²) in [6.07, 6.45) is 0. The molecule has 0 fully saturated rings. The van der Waals surface area contributed by atoms with Crippen LogP contribution in [0.5, 0.6) is 5.75 Å². The minimum Gasteiger partial charge on any atom is -0.494 e. The highest BCUT2D eigenvalue weighted by molar-refractivity contribution is 6.00. The lowest BCUT2D eigenvalue weighted by atomic mass is 9.95. The number of para-hydroxylation sites is 1. The molecule has 0 spiro atoms. The molecule has 0 aliphatic carbocycles. The lowest BCUT2D eigenvalue weighted by Gasteiger charge is -2.33. The molecule has 2 aromatic carbocycles. The van der Waals surface area contributed by atoms with Crippen LogP contribution < -0.4 is 15.4 Å². The maximum absolute atomic E-state index is 12.9. The summed E-state index contributed by atoms with van der Waals surface area (Å²) in [6.45, 7) is 1.84. The molecular weight excluding hydrogens is 412 g/mol. The molecule has 2 aromatic rings. The maximum Gasteiger partial charge on any atom is 0.338 e. The van der Waals surface area contributed by atoms with Gasteiger partial charge in [0.05, 0.1) is 35.6 Å². The van der Waals surface area contributed by atoms with Crippen LogP contribution in [0.4, 0.5) is 10.5 Å². The molecule has 0 saturated heterocycles. The molecule has 0 radical (unpaired) electrons. The van der Waals surface area contributed by atoms with E-state index < -0.39 is 23.9 Å². The molecule has 3 amide bonds. The van der Waals surface area contributed by atoms with Crippen molar-refractivity contribution in [2.24, 2.45) is 0 Å². The molecule has 162 valence electrons. The zero-order chi connectivity index (χ0) is 22.7. The summed E-state index contributed by atoms with van der Waals surface area (Å²) >= 11 is 0. The van der Waals surface area contributed by atoms with E-state index in [0.717, 1.165) is 0 Å². The Morgan fingerprint density at radius 2 is 2.09 bits per heavy atom. The van der Waals surface area contributed by atoms with Crippen molar-refractivity contribution in [3.8, 4) is 11.8 Å². The summed E-state index contributed by atoms with van der Waals surface area (Å²) in [4.78, 5) is 39.3. The van der Waals surface area contributed by atoms with Gasteiger partial charge >= 0.3 is 12.0 Å². The van der Waals surface area contributed by atoms with Crippen LogP contribution in [0.15, 0.2) is 59.8 Å². The Bertz CT molecular complexity index is 1170. The van der Waals surface area contributed by atoms with E-state index >= 15 is 0 Å². The van der Waals surface area contributed by atoms with Crippen LogP contribution in [0.3, 0.4) is 0 Å². The number of rotatable bonds is 6. The lowest BCUT2D eigenvalue weighted by molar-refractivity contribution is -0.136. The zero-order valence-corrected chi connectivity index (χ0v) is 17.3. The summed E-state index contributed by atoms with van der Waals surface area (Å²) in [6, 6.07) is 14.3. The van der Waals surface area contributed by atoms with Gasteiger partial charge in [-0.25, -0.2) is 9.59 Å². The number of amides is 3. The van der Waals surface area contributed by atoms with Crippen molar-refractivity contribution < 1.29 is 23.9 Å². The van der Waals surface area contributed by atoms with Crippen molar-refractivity contribution in [2.75, 3.05) is 25.1 Å². The van der Waals surface area contributed by atoms with Gasteiger partial charge in [-0.1, -0.05) is 24.3 Å². The van der Waals surface area contributed by atoms with Crippen molar-refractivity contribution >= 4 is 23.6 Å². The van der Waals surface area contributed by atoms with Gasteiger partial charge in [-0.15, -0.1) is 0 Å². The number of hydrogen-bond donors (Lipinski definition) is 2. The van der Waals surface area contributed by atoms with Gasteiger partial charge in [0.2, 0.25) is 5.91 Å². The van der Waals surface area contributed by atoms with E-state index in [1.807, 2.05) is 13.0 Å². The monoisotopic (exact) mass is 432 g/mol.